The zero-order valence-electron chi connectivity index (χ0n) is 12.2. The van der Waals surface area contributed by atoms with Crippen molar-refractivity contribution in [1.82, 2.24) is 0 Å². The van der Waals surface area contributed by atoms with Gasteiger partial charge in [0.2, 0.25) is 6.54 Å². The molecule has 0 bridgehead atoms. The number of pyridine rings is 1. The average Bonchev–Trinajstić information content (AvgIpc) is 2.55. The summed E-state index contributed by atoms with van der Waals surface area (Å²) < 4.78 is 1.77. The molecule has 0 spiro atoms. The van der Waals surface area contributed by atoms with Crippen LogP contribution in [0.1, 0.15) is 0 Å². The maximum atomic E-state index is 12.1. The maximum absolute atomic E-state index is 12.1. The van der Waals surface area contributed by atoms with Crippen LogP contribution in [0.5, 0.6) is 0 Å². The second-order valence-corrected chi connectivity index (χ2v) is 5.10. The Hall–Kier alpha value is -3.28. The Kier molecular flexibility index (Phi) is 3.97. The number of hydrogen-bond donors (Lipinski definition) is 1. The largest absolute Gasteiger partial charge is 0.320 e. The Balaban J connectivity index is 1.73. The summed E-state index contributed by atoms with van der Waals surface area (Å²) in [6.45, 7) is 0.132. The van der Waals surface area contributed by atoms with Gasteiger partial charge in [-0.2, -0.15) is 4.57 Å². The lowest BCUT2D eigenvalue weighted by Gasteiger charge is -2.03. The van der Waals surface area contributed by atoms with Crippen molar-refractivity contribution in [3.05, 3.63) is 77.1 Å². The van der Waals surface area contributed by atoms with Crippen molar-refractivity contribution in [3.8, 4) is 0 Å². The maximum Gasteiger partial charge on any atom is 0.290 e. The Morgan fingerprint density at radius 1 is 1.09 bits per heavy atom. The number of amides is 1. The number of non-ortho nitro benzene ring substituents is 1. The van der Waals surface area contributed by atoms with Gasteiger partial charge < -0.3 is 5.32 Å². The molecular weight excluding hydrogens is 294 g/mol. The number of benzene rings is 2. The highest BCUT2D eigenvalue weighted by Gasteiger charge is 2.12. The third kappa shape index (κ3) is 3.49. The van der Waals surface area contributed by atoms with Gasteiger partial charge in [-0.25, -0.2) is 0 Å². The minimum absolute atomic E-state index is 0.0545. The zero-order chi connectivity index (χ0) is 16.2. The van der Waals surface area contributed by atoms with Crippen molar-refractivity contribution in [2.75, 3.05) is 5.32 Å². The quantitative estimate of drug-likeness (QED) is 0.457. The summed E-state index contributed by atoms with van der Waals surface area (Å²) in [6, 6.07) is 15.7. The molecule has 0 atom stereocenters. The van der Waals surface area contributed by atoms with Gasteiger partial charge in [0.1, 0.15) is 0 Å². The van der Waals surface area contributed by atoms with Gasteiger partial charge in [0.15, 0.2) is 12.4 Å². The van der Waals surface area contributed by atoms with E-state index in [1.165, 1.54) is 18.2 Å². The van der Waals surface area contributed by atoms with Crippen LogP contribution >= 0.6 is 0 Å². The van der Waals surface area contributed by atoms with Crippen molar-refractivity contribution in [2.24, 2.45) is 0 Å². The molecule has 6 nitrogen and oxygen atoms in total. The molecule has 0 saturated carbocycles. The Bertz CT molecular complexity index is 893. The topological polar surface area (TPSA) is 76.1 Å². The molecule has 0 radical (unpaired) electrons. The summed E-state index contributed by atoms with van der Waals surface area (Å²) in [5.74, 6) is -0.245. The van der Waals surface area contributed by atoms with Gasteiger partial charge in [-0.15, -0.1) is 0 Å². The Morgan fingerprint density at radius 3 is 2.65 bits per heavy atom. The summed E-state index contributed by atoms with van der Waals surface area (Å²) in [7, 11) is 0. The second-order valence-electron chi connectivity index (χ2n) is 5.10. The van der Waals surface area contributed by atoms with E-state index >= 15 is 0 Å². The summed E-state index contributed by atoms with van der Waals surface area (Å²) in [4.78, 5) is 22.3. The Labute approximate surface area is 132 Å². The summed E-state index contributed by atoms with van der Waals surface area (Å²) >= 11 is 0. The number of anilines is 1. The second kappa shape index (κ2) is 6.23. The van der Waals surface area contributed by atoms with E-state index in [1.54, 1.807) is 10.6 Å². The molecule has 3 aromatic rings. The lowest BCUT2D eigenvalue weighted by molar-refractivity contribution is -0.682. The SMILES string of the molecule is O=C(C[n+]1ccc2ccccc2c1)Nc1cccc([N+](=O)[O-])c1. The van der Waals surface area contributed by atoms with Gasteiger partial charge in [0.25, 0.3) is 11.6 Å². The first-order valence-corrected chi connectivity index (χ1v) is 7.04. The van der Waals surface area contributed by atoms with E-state index in [-0.39, 0.29) is 18.1 Å². The molecule has 1 heterocycles. The molecule has 0 aliphatic carbocycles. The van der Waals surface area contributed by atoms with Crippen LogP contribution in [0.3, 0.4) is 0 Å². The van der Waals surface area contributed by atoms with Gasteiger partial charge in [0, 0.05) is 29.3 Å². The molecule has 0 saturated heterocycles. The van der Waals surface area contributed by atoms with Gasteiger partial charge in [-0.1, -0.05) is 24.3 Å². The molecule has 0 unspecified atom stereocenters. The van der Waals surface area contributed by atoms with Gasteiger partial charge in [0.05, 0.1) is 4.92 Å². The van der Waals surface area contributed by atoms with Gasteiger partial charge >= 0.3 is 0 Å². The third-order valence-corrected chi connectivity index (χ3v) is 3.41. The van der Waals surface area contributed by atoms with Crippen LogP contribution in [0.2, 0.25) is 0 Å². The number of carbonyl (C=O) groups is 1. The van der Waals surface area contributed by atoms with E-state index in [0.717, 1.165) is 10.8 Å². The fraction of sp³-hybridized carbons (Fsp3) is 0.0588. The molecular formula is C17H14N3O3+. The summed E-state index contributed by atoms with van der Waals surface area (Å²) in [5.41, 5.74) is 0.353. The molecule has 0 aliphatic rings. The average molecular weight is 308 g/mol. The smallest absolute Gasteiger partial charge is 0.290 e. The fourth-order valence-electron chi connectivity index (χ4n) is 2.34. The van der Waals surface area contributed by atoms with Crippen molar-refractivity contribution < 1.29 is 14.3 Å². The number of carbonyl (C=O) groups excluding carboxylic acids is 1. The van der Waals surface area contributed by atoms with Crippen LogP contribution in [0, 0.1) is 10.1 Å². The van der Waals surface area contributed by atoms with Crippen molar-refractivity contribution in [1.29, 1.82) is 0 Å². The molecule has 23 heavy (non-hydrogen) atoms. The van der Waals surface area contributed by atoms with Crippen LogP contribution in [0.25, 0.3) is 10.8 Å². The van der Waals surface area contributed by atoms with Gasteiger partial charge in [-0.05, 0) is 17.5 Å². The third-order valence-electron chi connectivity index (χ3n) is 3.41. The number of aromatic nitrogens is 1. The van der Waals surface area contributed by atoms with E-state index in [4.69, 9.17) is 0 Å². The first kappa shape index (κ1) is 14.6. The molecule has 2 aromatic carbocycles. The standard InChI is InChI=1S/C17H13N3O3/c21-17(18-15-6-3-7-16(10-15)20(22)23)12-19-9-8-13-4-1-2-5-14(13)11-19/h1-11H,12H2/p+1. The Morgan fingerprint density at radius 2 is 1.87 bits per heavy atom. The van der Waals surface area contributed by atoms with Crippen LogP contribution in [0.15, 0.2) is 67.0 Å². The highest BCUT2D eigenvalue weighted by molar-refractivity contribution is 5.90. The van der Waals surface area contributed by atoms with Crippen molar-refractivity contribution >= 4 is 28.1 Å². The number of fused-ring (bicyclic) bond motifs is 1. The van der Waals surface area contributed by atoms with E-state index in [0.29, 0.717) is 5.69 Å². The summed E-state index contributed by atoms with van der Waals surface area (Å²) in [6.07, 6.45) is 3.72. The number of rotatable bonds is 4. The predicted octanol–water partition coefficient (Wildman–Crippen LogP) is 2.67. The van der Waals surface area contributed by atoms with Crippen LogP contribution in [0.4, 0.5) is 11.4 Å². The van der Waals surface area contributed by atoms with Crippen LogP contribution < -0.4 is 9.88 Å². The summed E-state index contributed by atoms with van der Waals surface area (Å²) in [5, 5.41) is 15.6. The molecule has 3 rings (SSSR count). The number of nitro benzene ring substituents is 1. The number of nitrogens with zero attached hydrogens (tertiary/aromatic N) is 2. The van der Waals surface area contributed by atoms with Gasteiger partial charge in [-0.3, -0.25) is 14.9 Å². The minimum Gasteiger partial charge on any atom is -0.320 e. The van der Waals surface area contributed by atoms with E-state index < -0.39 is 4.92 Å². The first-order chi connectivity index (χ1) is 11.1. The zero-order valence-corrected chi connectivity index (χ0v) is 12.2. The molecule has 1 N–H and O–H groups in total. The van der Waals surface area contributed by atoms with E-state index in [9.17, 15) is 14.9 Å². The molecule has 6 heteroatoms. The van der Waals surface area contributed by atoms with Crippen molar-refractivity contribution in [2.45, 2.75) is 6.54 Å². The highest BCUT2D eigenvalue weighted by atomic mass is 16.6. The number of hydrogen-bond acceptors (Lipinski definition) is 3. The first-order valence-electron chi connectivity index (χ1n) is 7.04. The molecule has 0 fully saturated rings. The number of nitrogens with one attached hydrogen (secondary N) is 1. The van der Waals surface area contributed by atoms with Crippen LogP contribution in [-0.4, -0.2) is 10.8 Å². The molecule has 1 aromatic heterocycles. The molecule has 114 valence electrons. The molecule has 0 aliphatic heterocycles. The monoisotopic (exact) mass is 308 g/mol. The lowest BCUT2D eigenvalue weighted by Crippen LogP contribution is -2.39. The van der Waals surface area contributed by atoms with E-state index in [1.807, 2.05) is 42.7 Å². The van der Waals surface area contributed by atoms with Crippen LogP contribution in [-0.2, 0) is 11.3 Å². The fourth-order valence-corrected chi connectivity index (χ4v) is 2.34. The minimum atomic E-state index is -0.492. The normalized spacial score (nSPS) is 10.4. The van der Waals surface area contributed by atoms with Crippen molar-refractivity contribution in [3.63, 3.8) is 0 Å². The van der Waals surface area contributed by atoms with E-state index in [2.05, 4.69) is 5.32 Å². The number of nitro groups is 1. The predicted molar refractivity (Wildman–Crippen MR) is 85.9 cm³/mol. The lowest BCUT2D eigenvalue weighted by atomic mass is 10.2. The highest BCUT2D eigenvalue weighted by Crippen LogP contribution is 2.16. The molecule has 1 amide bonds.